The van der Waals surface area contributed by atoms with Crippen molar-refractivity contribution in [3.05, 3.63) is 22.7 Å². The maximum absolute atomic E-state index is 11.1. The normalized spacial score (nSPS) is 25.1. The Labute approximate surface area is 122 Å². The van der Waals surface area contributed by atoms with E-state index < -0.39 is 5.97 Å². The fourth-order valence-electron chi connectivity index (χ4n) is 2.90. The Morgan fingerprint density at radius 2 is 2.30 bits per heavy atom. The topological polar surface area (TPSA) is 59.0 Å². The van der Waals surface area contributed by atoms with Crippen LogP contribution in [0.15, 0.2) is 12.1 Å². The van der Waals surface area contributed by atoms with Gasteiger partial charge in [0.25, 0.3) is 0 Å². The Bertz CT molecular complexity index is 548. The zero-order valence-corrected chi connectivity index (χ0v) is 11.9. The summed E-state index contributed by atoms with van der Waals surface area (Å²) in [5.41, 5.74) is 1.01. The minimum absolute atomic E-state index is 0.0247. The van der Waals surface area contributed by atoms with Crippen LogP contribution in [0.3, 0.4) is 0 Å². The zero-order chi connectivity index (χ0) is 14.3. The number of carboxylic acids is 1. The summed E-state index contributed by atoms with van der Waals surface area (Å²) in [4.78, 5) is 13.3. The molecule has 2 unspecified atom stereocenters. The van der Waals surface area contributed by atoms with Crippen LogP contribution in [-0.2, 0) is 11.3 Å². The highest BCUT2D eigenvalue weighted by Crippen LogP contribution is 2.40. The number of nitrogens with zero attached hydrogens (tertiary/aromatic N) is 1. The number of benzene rings is 1. The highest BCUT2D eigenvalue weighted by Gasteiger charge is 2.35. The molecule has 0 bridgehead atoms. The molecule has 0 aromatic heterocycles. The van der Waals surface area contributed by atoms with Gasteiger partial charge in [0.2, 0.25) is 6.79 Å². The number of aliphatic carboxylic acids is 1. The summed E-state index contributed by atoms with van der Waals surface area (Å²) in [7, 11) is 0. The molecular weight excluding hydrogens is 282 g/mol. The molecule has 0 aliphatic carbocycles. The lowest BCUT2D eigenvalue weighted by Gasteiger charge is -2.23. The summed E-state index contributed by atoms with van der Waals surface area (Å²) in [5, 5.41) is 9.69. The minimum atomic E-state index is -0.719. The molecule has 0 radical (unpaired) electrons. The summed E-state index contributed by atoms with van der Waals surface area (Å²) >= 11 is 6.16. The van der Waals surface area contributed by atoms with Crippen LogP contribution < -0.4 is 9.47 Å². The van der Waals surface area contributed by atoms with E-state index in [1.54, 1.807) is 0 Å². The monoisotopic (exact) mass is 297 g/mol. The van der Waals surface area contributed by atoms with Crippen molar-refractivity contribution >= 4 is 17.6 Å². The molecule has 0 saturated carbocycles. The number of carboxylic acid groups (broad SMARTS) is 1. The summed E-state index contributed by atoms with van der Waals surface area (Å²) in [6.45, 7) is 3.60. The third-order valence-corrected chi connectivity index (χ3v) is 4.36. The van der Waals surface area contributed by atoms with Crippen molar-refractivity contribution < 1.29 is 19.4 Å². The smallest absolute Gasteiger partial charge is 0.308 e. The first-order valence-corrected chi connectivity index (χ1v) is 6.99. The van der Waals surface area contributed by atoms with E-state index >= 15 is 0 Å². The highest BCUT2D eigenvalue weighted by atomic mass is 35.5. The third-order valence-electron chi connectivity index (χ3n) is 4.08. The highest BCUT2D eigenvalue weighted by molar-refractivity contribution is 6.32. The summed E-state index contributed by atoms with van der Waals surface area (Å²) in [6.07, 6.45) is 0.689. The predicted molar refractivity (Wildman–Crippen MR) is 73.2 cm³/mol. The van der Waals surface area contributed by atoms with Crippen molar-refractivity contribution in [2.24, 2.45) is 5.92 Å². The van der Waals surface area contributed by atoms with Crippen molar-refractivity contribution in [3.63, 3.8) is 0 Å². The Balaban J connectivity index is 1.76. The number of carbonyl (C=O) groups is 1. The van der Waals surface area contributed by atoms with Gasteiger partial charge in [-0.3, -0.25) is 9.69 Å². The predicted octanol–water partition coefficient (Wildman–Crippen LogP) is 2.36. The molecule has 6 heteroatoms. The standard InChI is InChI=1S/C14H16ClNO4/c1-8-10(14(17)18)2-3-16(8)6-9-4-11(15)13-12(5-9)19-7-20-13/h4-5,8,10H,2-3,6-7H2,1H3,(H,17,18). The van der Waals surface area contributed by atoms with Gasteiger partial charge in [-0.25, -0.2) is 0 Å². The molecule has 3 rings (SSSR count). The number of hydrogen-bond donors (Lipinski definition) is 1. The molecule has 1 aromatic rings. The number of likely N-dealkylation sites (tertiary alicyclic amines) is 1. The maximum atomic E-state index is 11.1. The van der Waals surface area contributed by atoms with Crippen molar-refractivity contribution in [1.29, 1.82) is 0 Å². The van der Waals surface area contributed by atoms with E-state index in [1.165, 1.54) is 0 Å². The van der Waals surface area contributed by atoms with Gasteiger partial charge in [0.1, 0.15) is 0 Å². The fraction of sp³-hybridized carbons (Fsp3) is 0.500. The quantitative estimate of drug-likeness (QED) is 0.928. The van der Waals surface area contributed by atoms with E-state index in [1.807, 2.05) is 19.1 Å². The number of halogens is 1. The molecule has 20 heavy (non-hydrogen) atoms. The SMILES string of the molecule is CC1C(C(=O)O)CCN1Cc1cc(Cl)c2c(c1)OCO2. The minimum Gasteiger partial charge on any atom is -0.481 e. The Morgan fingerprint density at radius 1 is 1.50 bits per heavy atom. The van der Waals surface area contributed by atoms with Crippen LogP contribution in [0.5, 0.6) is 11.5 Å². The van der Waals surface area contributed by atoms with Gasteiger partial charge in [-0.05, 0) is 37.6 Å². The van der Waals surface area contributed by atoms with Crippen LogP contribution >= 0.6 is 11.6 Å². The number of rotatable bonds is 3. The average Bonchev–Trinajstić information content (AvgIpc) is 2.97. The molecule has 2 aliphatic heterocycles. The van der Waals surface area contributed by atoms with Crippen molar-refractivity contribution in [2.75, 3.05) is 13.3 Å². The molecule has 1 saturated heterocycles. The first kappa shape index (κ1) is 13.5. The van der Waals surface area contributed by atoms with Gasteiger partial charge in [0.15, 0.2) is 11.5 Å². The lowest BCUT2D eigenvalue weighted by molar-refractivity contribution is -0.142. The lowest BCUT2D eigenvalue weighted by atomic mass is 10.0. The van der Waals surface area contributed by atoms with Crippen molar-refractivity contribution in [3.8, 4) is 11.5 Å². The van der Waals surface area contributed by atoms with Crippen molar-refractivity contribution in [2.45, 2.75) is 25.9 Å². The number of hydrogen-bond acceptors (Lipinski definition) is 4. The second-order valence-corrected chi connectivity index (χ2v) is 5.66. The number of ether oxygens (including phenoxy) is 2. The van der Waals surface area contributed by atoms with Crippen LogP contribution in [0.25, 0.3) is 0 Å². The molecule has 108 valence electrons. The molecular formula is C14H16ClNO4. The molecule has 1 fully saturated rings. The number of fused-ring (bicyclic) bond motifs is 1. The van der Waals surface area contributed by atoms with E-state index in [0.29, 0.717) is 29.5 Å². The van der Waals surface area contributed by atoms with Gasteiger partial charge in [0, 0.05) is 12.6 Å². The van der Waals surface area contributed by atoms with Crippen LogP contribution in [0.1, 0.15) is 18.9 Å². The summed E-state index contributed by atoms with van der Waals surface area (Å²) in [6, 6.07) is 3.79. The summed E-state index contributed by atoms with van der Waals surface area (Å²) in [5.74, 6) is 0.241. The molecule has 5 nitrogen and oxygen atoms in total. The largest absolute Gasteiger partial charge is 0.481 e. The molecule has 0 spiro atoms. The van der Waals surface area contributed by atoms with E-state index in [0.717, 1.165) is 12.1 Å². The van der Waals surface area contributed by atoms with Crippen molar-refractivity contribution in [1.82, 2.24) is 4.90 Å². The average molecular weight is 298 g/mol. The third kappa shape index (κ3) is 2.31. The summed E-state index contributed by atoms with van der Waals surface area (Å²) < 4.78 is 10.6. The van der Waals surface area contributed by atoms with Gasteiger partial charge in [-0.1, -0.05) is 11.6 Å². The molecule has 2 atom stereocenters. The Hall–Kier alpha value is -1.46. The van der Waals surface area contributed by atoms with Crippen LogP contribution in [0.2, 0.25) is 5.02 Å². The Kier molecular flexibility index (Phi) is 3.48. The van der Waals surface area contributed by atoms with E-state index in [2.05, 4.69) is 4.90 Å². The van der Waals surface area contributed by atoms with E-state index in [-0.39, 0.29) is 18.8 Å². The van der Waals surface area contributed by atoms with Gasteiger partial charge in [0.05, 0.1) is 10.9 Å². The lowest BCUT2D eigenvalue weighted by Crippen LogP contribution is -2.32. The first-order chi connectivity index (χ1) is 9.56. The first-order valence-electron chi connectivity index (χ1n) is 6.61. The van der Waals surface area contributed by atoms with E-state index in [9.17, 15) is 4.79 Å². The molecule has 2 aliphatic rings. The van der Waals surface area contributed by atoms with Gasteiger partial charge in [-0.15, -0.1) is 0 Å². The van der Waals surface area contributed by atoms with Crippen LogP contribution in [0, 0.1) is 5.92 Å². The molecule has 0 amide bonds. The van der Waals surface area contributed by atoms with Gasteiger partial charge >= 0.3 is 5.97 Å². The Morgan fingerprint density at radius 3 is 3.00 bits per heavy atom. The van der Waals surface area contributed by atoms with Crippen LogP contribution in [-0.4, -0.2) is 35.4 Å². The van der Waals surface area contributed by atoms with E-state index in [4.69, 9.17) is 26.2 Å². The second-order valence-electron chi connectivity index (χ2n) is 5.26. The zero-order valence-electron chi connectivity index (χ0n) is 11.1. The second kappa shape index (κ2) is 5.14. The molecule has 2 heterocycles. The van der Waals surface area contributed by atoms with Gasteiger partial charge in [-0.2, -0.15) is 0 Å². The molecule has 1 aromatic carbocycles. The fourth-order valence-corrected chi connectivity index (χ4v) is 3.19. The maximum Gasteiger partial charge on any atom is 0.308 e. The van der Waals surface area contributed by atoms with Gasteiger partial charge < -0.3 is 14.6 Å². The van der Waals surface area contributed by atoms with Crippen LogP contribution in [0.4, 0.5) is 0 Å². The molecule has 1 N–H and O–H groups in total.